The van der Waals surface area contributed by atoms with E-state index in [9.17, 15) is 20.1 Å². The van der Waals surface area contributed by atoms with Crippen LogP contribution in [0.1, 0.15) is 6.23 Å². The van der Waals surface area contributed by atoms with Crippen LogP contribution in [0.25, 0.3) is 11.2 Å². The van der Waals surface area contributed by atoms with Gasteiger partial charge in [-0.25, -0.2) is 9.97 Å². The number of aromatic nitrogens is 4. The minimum absolute atomic E-state index is 0.111. The molecule has 2 aromatic heterocycles. The van der Waals surface area contributed by atoms with E-state index in [-0.39, 0.29) is 17.8 Å². The number of anilines is 1. The molecule has 0 unspecified atom stereocenters. The van der Waals surface area contributed by atoms with Crippen molar-refractivity contribution in [2.75, 3.05) is 50.8 Å². The average Bonchev–Trinajstić information content (AvgIpc) is 3.22. The Labute approximate surface area is 159 Å². The number of aromatic amines is 1. The first-order valence-corrected chi connectivity index (χ1v) is 9.32. The van der Waals surface area contributed by atoms with Gasteiger partial charge in [-0.15, -0.1) is 0 Å². The number of hydrogen-bond donors (Lipinski definition) is 6. The summed E-state index contributed by atoms with van der Waals surface area (Å²) in [7, 11) is 0. The summed E-state index contributed by atoms with van der Waals surface area (Å²) in [5.41, 5.74) is -0.0691. The smallest absolute Gasteiger partial charge is 0.278 e. The number of nitrogens with zero attached hydrogens (tertiary/aromatic N) is 4. The lowest BCUT2D eigenvalue weighted by Gasteiger charge is -2.33. The molecular weight excluding hydrogens is 372 g/mol. The Morgan fingerprint density at radius 3 is 2.64 bits per heavy atom. The lowest BCUT2D eigenvalue weighted by atomic mass is 10.1. The van der Waals surface area contributed by atoms with Gasteiger partial charge >= 0.3 is 0 Å². The quantitative estimate of drug-likeness (QED) is 0.292. The van der Waals surface area contributed by atoms with Crippen LogP contribution in [0, 0.1) is 0 Å². The molecule has 4 heterocycles. The molecule has 2 aromatic rings. The number of aliphatic hydroxyl groups excluding tert-OH is 4. The maximum absolute atomic E-state index is 12.2. The van der Waals surface area contributed by atoms with Crippen LogP contribution in [0.2, 0.25) is 0 Å². The Morgan fingerprint density at radius 2 is 2.00 bits per heavy atom. The number of piperazine rings is 1. The number of ether oxygens (including phenoxy) is 1. The average molecular weight is 397 g/mol. The van der Waals surface area contributed by atoms with Crippen molar-refractivity contribution in [3.63, 3.8) is 0 Å². The number of nitrogens with one attached hydrogen (secondary N) is 2. The van der Waals surface area contributed by atoms with E-state index in [0.29, 0.717) is 25.6 Å². The summed E-state index contributed by atoms with van der Waals surface area (Å²) >= 11 is 0. The van der Waals surface area contributed by atoms with Crippen LogP contribution in [0.3, 0.4) is 0 Å². The van der Waals surface area contributed by atoms with Crippen LogP contribution in [-0.4, -0.2) is 104 Å². The molecule has 0 aromatic carbocycles. The first kappa shape index (κ1) is 19.2. The van der Waals surface area contributed by atoms with Gasteiger partial charge in [0.1, 0.15) is 24.9 Å². The van der Waals surface area contributed by atoms with Crippen molar-refractivity contribution in [3.05, 3.63) is 16.7 Å². The third-order valence-corrected chi connectivity index (χ3v) is 5.46. The lowest BCUT2D eigenvalue weighted by Crippen LogP contribution is -3.15. The standard InChI is InChI=1S/C16H24N6O6/c23-6-5-20-1-3-21(4-2-20)16-19-10-13(17-8-18-14(10)27)22(16)15-12(26)11(25)9(7-24)28-15/h8-9,11-12,15,23-26H,1-7H2,(H,17,18,27)/p+1/t9-,11+,12+,15-/m0/s1. The predicted octanol–water partition coefficient (Wildman–Crippen LogP) is -4.57. The summed E-state index contributed by atoms with van der Waals surface area (Å²) in [6.45, 7) is 3.16. The largest absolute Gasteiger partial charge is 0.394 e. The Bertz CT molecular complexity index is 878. The van der Waals surface area contributed by atoms with E-state index >= 15 is 0 Å². The molecule has 154 valence electrons. The van der Waals surface area contributed by atoms with Gasteiger partial charge in [0.15, 0.2) is 17.4 Å². The normalized spacial score (nSPS) is 29.1. The van der Waals surface area contributed by atoms with E-state index < -0.39 is 36.7 Å². The molecule has 0 aliphatic carbocycles. The number of aliphatic hydroxyl groups is 4. The van der Waals surface area contributed by atoms with Crippen LogP contribution in [0.5, 0.6) is 0 Å². The van der Waals surface area contributed by atoms with Gasteiger partial charge in [-0.1, -0.05) is 0 Å². The van der Waals surface area contributed by atoms with Gasteiger partial charge in [0.2, 0.25) is 5.95 Å². The molecule has 0 radical (unpaired) electrons. The molecule has 0 bridgehead atoms. The third kappa shape index (κ3) is 3.17. The van der Waals surface area contributed by atoms with Gasteiger partial charge in [-0.05, 0) is 0 Å². The van der Waals surface area contributed by atoms with Crippen molar-refractivity contribution in [2.24, 2.45) is 0 Å². The van der Waals surface area contributed by atoms with Crippen LogP contribution in [0.4, 0.5) is 5.95 Å². The number of imidazole rings is 1. The fourth-order valence-electron chi connectivity index (χ4n) is 3.89. The molecular formula is C16H25N6O6+. The number of quaternary nitrogens is 1. The second-order valence-corrected chi connectivity index (χ2v) is 7.13. The van der Waals surface area contributed by atoms with Gasteiger partial charge in [0.25, 0.3) is 5.56 Å². The highest BCUT2D eigenvalue weighted by atomic mass is 16.6. The van der Waals surface area contributed by atoms with Crippen LogP contribution in [-0.2, 0) is 4.74 Å². The summed E-state index contributed by atoms with van der Waals surface area (Å²) < 4.78 is 7.19. The maximum Gasteiger partial charge on any atom is 0.278 e. The lowest BCUT2D eigenvalue weighted by molar-refractivity contribution is -0.900. The molecule has 12 nitrogen and oxygen atoms in total. The summed E-state index contributed by atoms with van der Waals surface area (Å²) in [4.78, 5) is 26.6. The highest BCUT2D eigenvalue weighted by molar-refractivity contribution is 5.73. The molecule has 6 N–H and O–H groups in total. The maximum atomic E-state index is 12.2. The van der Waals surface area contributed by atoms with Crippen molar-refractivity contribution < 1.29 is 30.1 Å². The molecule has 4 atom stereocenters. The second-order valence-electron chi connectivity index (χ2n) is 7.13. The van der Waals surface area contributed by atoms with Gasteiger partial charge in [-0.3, -0.25) is 9.36 Å². The molecule has 0 saturated carbocycles. The molecule has 12 heteroatoms. The van der Waals surface area contributed by atoms with E-state index in [1.807, 2.05) is 4.90 Å². The Kier molecular flexibility index (Phi) is 5.31. The third-order valence-electron chi connectivity index (χ3n) is 5.46. The topological polar surface area (TPSA) is 161 Å². The number of H-pyrrole nitrogens is 1. The molecule has 2 fully saturated rings. The molecule has 28 heavy (non-hydrogen) atoms. The summed E-state index contributed by atoms with van der Waals surface area (Å²) in [6.07, 6.45) is -3.32. The zero-order valence-electron chi connectivity index (χ0n) is 15.2. The minimum atomic E-state index is -1.31. The number of fused-ring (bicyclic) bond motifs is 1. The molecule has 4 rings (SSSR count). The Hall–Kier alpha value is -2.09. The number of hydrogen-bond acceptors (Lipinski definition) is 9. The Balaban J connectivity index is 1.74. The van der Waals surface area contributed by atoms with Gasteiger partial charge in [0, 0.05) is 0 Å². The number of rotatable bonds is 5. The zero-order valence-corrected chi connectivity index (χ0v) is 15.2. The van der Waals surface area contributed by atoms with Crippen molar-refractivity contribution >= 4 is 17.1 Å². The monoisotopic (exact) mass is 397 g/mol. The van der Waals surface area contributed by atoms with Crippen LogP contribution in [0.15, 0.2) is 11.1 Å². The second kappa shape index (κ2) is 7.73. The van der Waals surface area contributed by atoms with Gasteiger partial charge < -0.3 is 39.9 Å². The first-order valence-electron chi connectivity index (χ1n) is 9.32. The van der Waals surface area contributed by atoms with Crippen molar-refractivity contribution in [2.45, 2.75) is 24.5 Å². The molecule has 0 amide bonds. The van der Waals surface area contributed by atoms with E-state index in [2.05, 4.69) is 15.0 Å². The SMILES string of the molecule is O=c1[nH]cnc2c1nc(N1CC[NH+](CCO)CC1)n2[C@H]1O[C@@H](CO)[C@@H](O)[C@H]1O. The van der Waals surface area contributed by atoms with Gasteiger partial charge in [-0.2, -0.15) is 0 Å². The van der Waals surface area contributed by atoms with E-state index in [1.165, 1.54) is 15.8 Å². The summed E-state index contributed by atoms with van der Waals surface area (Å²) in [5, 5.41) is 39.2. The summed E-state index contributed by atoms with van der Waals surface area (Å²) in [6, 6.07) is 0. The summed E-state index contributed by atoms with van der Waals surface area (Å²) in [5.74, 6) is 0.414. The first-order chi connectivity index (χ1) is 13.5. The predicted molar refractivity (Wildman–Crippen MR) is 96.0 cm³/mol. The fourth-order valence-corrected chi connectivity index (χ4v) is 3.89. The zero-order chi connectivity index (χ0) is 19.8. The Morgan fingerprint density at radius 1 is 1.25 bits per heavy atom. The molecule has 2 aliphatic rings. The molecule has 0 spiro atoms. The van der Waals surface area contributed by atoms with Crippen molar-refractivity contribution in [1.82, 2.24) is 19.5 Å². The van der Waals surface area contributed by atoms with Crippen molar-refractivity contribution in [1.29, 1.82) is 0 Å². The fraction of sp³-hybridized carbons (Fsp3) is 0.688. The minimum Gasteiger partial charge on any atom is -0.394 e. The van der Waals surface area contributed by atoms with E-state index in [0.717, 1.165) is 13.1 Å². The highest BCUT2D eigenvalue weighted by Crippen LogP contribution is 2.34. The highest BCUT2D eigenvalue weighted by Gasteiger charge is 2.45. The van der Waals surface area contributed by atoms with Crippen LogP contribution >= 0.6 is 0 Å². The molecule has 2 aliphatic heterocycles. The van der Waals surface area contributed by atoms with E-state index in [1.54, 1.807) is 0 Å². The van der Waals surface area contributed by atoms with Gasteiger partial charge in [0.05, 0.1) is 45.7 Å². The van der Waals surface area contributed by atoms with Crippen molar-refractivity contribution in [3.8, 4) is 0 Å². The van der Waals surface area contributed by atoms with Crippen LogP contribution < -0.4 is 15.4 Å². The van der Waals surface area contributed by atoms with E-state index in [4.69, 9.17) is 9.84 Å². The molecule has 2 saturated heterocycles.